The van der Waals surface area contributed by atoms with Crippen molar-refractivity contribution in [2.75, 3.05) is 60.6 Å². The lowest BCUT2D eigenvalue weighted by Gasteiger charge is -2.48. The van der Waals surface area contributed by atoms with E-state index in [-0.39, 0.29) is 41.2 Å². The van der Waals surface area contributed by atoms with Crippen LogP contribution in [-0.4, -0.2) is 142 Å². The highest BCUT2D eigenvalue weighted by Crippen LogP contribution is 2.43. The Kier molecular flexibility index (Phi) is 16.9. The van der Waals surface area contributed by atoms with E-state index in [0.717, 1.165) is 84.3 Å². The molecule has 5 amide bonds. The Morgan fingerprint density at radius 1 is 1.07 bits per heavy atom. The molecule has 3 saturated heterocycles. The van der Waals surface area contributed by atoms with E-state index in [4.69, 9.17) is 19.4 Å². The fourth-order valence-corrected chi connectivity index (χ4v) is 11.9. The van der Waals surface area contributed by atoms with Gasteiger partial charge in [-0.3, -0.25) is 24.4 Å². The first-order valence-electron chi connectivity index (χ1n) is 25.0. The molecule has 0 aliphatic carbocycles. The zero-order valence-electron chi connectivity index (χ0n) is 42.8. The van der Waals surface area contributed by atoms with Crippen LogP contribution >= 0.6 is 11.3 Å². The predicted octanol–water partition coefficient (Wildman–Crippen LogP) is 7.21. The zero-order valence-corrected chi connectivity index (χ0v) is 43.6. The maximum absolute atomic E-state index is 14.5. The van der Waals surface area contributed by atoms with Gasteiger partial charge in [0.1, 0.15) is 18.3 Å². The van der Waals surface area contributed by atoms with Gasteiger partial charge in [-0.25, -0.2) is 15.2 Å². The standard InChI is InChI=1S/C53H75N9O7S/c1-11-45(64)60-24-15-20-53(32-60)21-26-59(27-22-53)51(67)58(8)47(34(3)4)49(65)56-40(50(66)62-25-14-17-43(63)57-62)29-44-55-41(31-70-44)36-18-19-42-38(28-36)39(30-52(6,7)33-68-9)48(61(42)12-2)37-16-13-23-54-46(37)35(5)69-10/h11,13,16,18-19,23,28,31,34-35,40,43,47,57,63H,1,12,14-15,17,20-22,24-27,29-30,32-33H2,2-10H3,(H,56,65)/t35-,40-,43+,47-/m0/s1. The fraction of sp³-hybridized carbons (Fsp3) is 0.585. The number of carbonyl (C=O) groups excluding carboxylic acids is 4. The maximum Gasteiger partial charge on any atom is 0.320 e. The van der Waals surface area contributed by atoms with Gasteiger partial charge in [-0.1, -0.05) is 40.3 Å². The number of hydrogen-bond acceptors (Lipinski definition) is 11. The second kappa shape index (κ2) is 22.5. The van der Waals surface area contributed by atoms with Crippen LogP contribution in [0, 0.1) is 16.7 Å². The molecule has 17 heteroatoms. The van der Waals surface area contributed by atoms with E-state index >= 15 is 0 Å². The van der Waals surface area contributed by atoms with E-state index < -0.39 is 30.1 Å². The number of piperidine rings is 2. The van der Waals surface area contributed by atoms with Crippen molar-refractivity contribution in [2.24, 2.45) is 16.7 Å². The third-order valence-electron chi connectivity index (χ3n) is 14.6. The summed E-state index contributed by atoms with van der Waals surface area (Å²) in [4.78, 5) is 70.7. The van der Waals surface area contributed by atoms with Crippen molar-refractivity contribution in [3.8, 4) is 22.5 Å². The minimum atomic E-state index is -1.04. The average molecular weight is 982 g/mol. The topological polar surface area (TPSA) is 175 Å². The number of fused-ring (bicyclic) bond motifs is 1. The summed E-state index contributed by atoms with van der Waals surface area (Å²) in [5.41, 5.74) is 9.58. The summed E-state index contributed by atoms with van der Waals surface area (Å²) in [6, 6.07) is 8.37. The number of hydrogen-bond donors (Lipinski definition) is 3. The molecule has 0 saturated carbocycles. The van der Waals surface area contributed by atoms with E-state index in [9.17, 15) is 24.3 Å². The zero-order chi connectivity index (χ0) is 50.5. The van der Waals surface area contributed by atoms with Crippen molar-refractivity contribution in [2.45, 2.75) is 124 Å². The molecule has 0 unspecified atom stereocenters. The molecule has 16 nitrogen and oxygen atoms in total. The molecule has 1 aromatic carbocycles. The van der Waals surface area contributed by atoms with Crippen molar-refractivity contribution >= 4 is 46.0 Å². The van der Waals surface area contributed by atoms with Crippen LogP contribution in [0.25, 0.3) is 33.4 Å². The van der Waals surface area contributed by atoms with E-state index in [1.165, 1.54) is 32.9 Å². The second-order valence-corrected chi connectivity index (χ2v) is 21.6. The number of ether oxygens (including phenoxy) is 2. The van der Waals surface area contributed by atoms with Gasteiger partial charge in [-0.2, -0.15) is 0 Å². The Morgan fingerprint density at radius 3 is 2.50 bits per heavy atom. The van der Waals surface area contributed by atoms with Gasteiger partial charge in [-0.05, 0) is 111 Å². The molecule has 3 aliphatic rings. The normalized spacial score (nSPS) is 18.8. The number of aryl methyl sites for hydroxylation is 1. The number of nitrogens with zero attached hydrogens (tertiary/aromatic N) is 7. The molecule has 6 heterocycles. The monoisotopic (exact) mass is 982 g/mol. The van der Waals surface area contributed by atoms with Gasteiger partial charge in [0.2, 0.25) is 11.8 Å². The summed E-state index contributed by atoms with van der Waals surface area (Å²) < 4.78 is 13.9. The van der Waals surface area contributed by atoms with Crippen LogP contribution in [0.3, 0.4) is 0 Å². The summed E-state index contributed by atoms with van der Waals surface area (Å²) in [6.07, 6.45) is 7.44. The first-order chi connectivity index (χ1) is 33.4. The number of urea groups is 1. The van der Waals surface area contributed by atoms with E-state index in [1.807, 2.05) is 43.3 Å². The van der Waals surface area contributed by atoms with Gasteiger partial charge in [-0.15, -0.1) is 11.3 Å². The highest BCUT2D eigenvalue weighted by Gasteiger charge is 2.43. The number of carbonyl (C=O) groups is 4. The van der Waals surface area contributed by atoms with Crippen LogP contribution in [0.4, 0.5) is 4.79 Å². The molecule has 380 valence electrons. The lowest BCUT2D eigenvalue weighted by Crippen LogP contribution is -2.62. The minimum absolute atomic E-state index is 0.0458. The van der Waals surface area contributed by atoms with Gasteiger partial charge in [0, 0.05) is 101 Å². The molecule has 3 aliphatic heterocycles. The number of hydrazine groups is 1. The molecule has 0 bridgehead atoms. The Bertz CT molecular complexity index is 2510. The van der Waals surface area contributed by atoms with Crippen LogP contribution in [0.15, 0.2) is 54.6 Å². The van der Waals surface area contributed by atoms with Crippen molar-refractivity contribution in [3.63, 3.8) is 0 Å². The number of likely N-dealkylation sites (N-methyl/N-ethyl adjacent to an activating group) is 1. The minimum Gasteiger partial charge on any atom is -0.384 e. The van der Waals surface area contributed by atoms with Crippen LogP contribution in [0.2, 0.25) is 0 Å². The lowest BCUT2D eigenvalue weighted by molar-refractivity contribution is -0.145. The SMILES string of the molecule is C=CC(=O)N1CCCC2(CCN(C(=O)N(C)[C@H](C(=O)N[C@@H](Cc3nc(-c4ccc5c(c4)c(CC(C)(C)COC)c(-c4cccnc4[C@H](C)OC)n5CC)cs3)C(=O)N3CCC[C@@H](O)N3)C(C)C)CC2)C1. The first-order valence-corrected chi connectivity index (χ1v) is 25.9. The Labute approximate surface area is 417 Å². The van der Waals surface area contributed by atoms with Crippen LogP contribution < -0.4 is 10.7 Å². The summed E-state index contributed by atoms with van der Waals surface area (Å²) in [5.74, 6) is -1.18. The van der Waals surface area contributed by atoms with Crippen molar-refractivity contribution in [1.82, 2.24) is 45.0 Å². The summed E-state index contributed by atoms with van der Waals surface area (Å²) in [7, 11) is 5.09. The van der Waals surface area contributed by atoms with E-state index in [1.54, 1.807) is 26.2 Å². The number of methoxy groups -OCH3 is 2. The third-order valence-corrected chi connectivity index (χ3v) is 15.5. The van der Waals surface area contributed by atoms with Crippen molar-refractivity contribution < 1.29 is 33.8 Å². The molecule has 0 radical (unpaired) electrons. The predicted molar refractivity (Wildman–Crippen MR) is 273 cm³/mol. The van der Waals surface area contributed by atoms with E-state index in [0.29, 0.717) is 50.6 Å². The first kappa shape index (κ1) is 52.6. The third kappa shape index (κ3) is 11.4. The molecular formula is C53H75N9O7S. The number of aliphatic hydroxyl groups is 1. The van der Waals surface area contributed by atoms with Crippen LogP contribution in [-0.2, 0) is 43.2 Å². The number of likely N-dealkylation sites (tertiary alicyclic amines) is 2. The van der Waals surface area contributed by atoms with Gasteiger partial charge in [0.15, 0.2) is 0 Å². The van der Waals surface area contributed by atoms with Gasteiger partial charge < -0.3 is 39.2 Å². The number of rotatable bonds is 17. The molecule has 1 spiro atoms. The van der Waals surface area contributed by atoms with Crippen molar-refractivity contribution in [3.05, 3.63) is 70.8 Å². The number of nitrogens with one attached hydrogen (secondary N) is 2. The molecule has 3 fully saturated rings. The molecule has 70 heavy (non-hydrogen) atoms. The Balaban J connectivity index is 1.15. The number of thiazole rings is 1. The lowest BCUT2D eigenvalue weighted by atomic mass is 9.72. The highest BCUT2D eigenvalue weighted by molar-refractivity contribution is 7.10. The van der Waals surface area contributed by atoms with E-state index in [2.05, 4.69) is 66.9 Å². The highest BCUT2D eigenvalue weighted by atomic mass is 32.1. The number of amides is 5. The number of aliphatic hydroxyl groups excluding tert-OH is 1. The van der Waals surface area contributed by atoms with Crippen LogP contribution in [0.1, 0.15) is 102 Å². The number of benzene rings is 1. The van der Waals surface area contributed by atoms with Crippen LogP contribution in [0.5, 0.6) is 0 Å². The molecule has 4 atom stereocenters. The number of aromatic nitrogens is 3. The maximum atomic E-state index is 14.5. The Hall–Kier alpha value is -5.20. The second-order valence-electron chi connectivity index (χ2n) is 20.7. The van der Waals surface area contributed by atoms with Crippen molar-refractivity contribution in [1.29, 1.82) is 0 Å². The quantitative estimate of drug-likeness (QED) is 0.0918. The average Bonchev–Trinajstić information content (AvgIpc) is 3.94. The smallest absolute Gasteiger partial charge is 0.320 e. The fourth-order valence-electron chi connectivity index (χ4n) is 11.0. The molecule has 7 rings (SSSR count). The summed E-state index contributed by atoms with van der Waals surface area (Å²) >= 11 is 1.42. The van der Waals surface area contributed by atoms with Gasteiger partial charge >= 0.3 is 6.03 Å². The molecule has 3 N–H and O–H groups in total. The molecule has 3 aromatic heterocycles. The molecular weight excluding hydrogens is 907 g/mol. The number of pyridine rings is 1. The van der Waals surface area contributed by atoms with Gasteiger partial charge in [0.05, 0.1) is 34.8 Å². The molecule has 4 aromatic rings. The summed E-state index contributed by atoms with van der Waals surface area (Å²) in [5, 5.41) is 18.7. The Morgan fingerprint density at radius 2 is 1.83 bits per heavy atom. The summed E-state index contributed by atoms with van der Waals surface area (Å²) in [6.45, 7) is 20.2. The van der Waals surface area contributed by atoms with Gasteiger partial charge in [0.25, 0.3) is 5.91 Å². The largest absolute Gasteiger partial charge is 0.384 e.